The van der Waals surface area contributed by atoms with E-state index >= 15 is 0 Å². The summed E-state index contributed by atoms with van der Waals surface area (Å²) in [7, 11) is 0. The van der Waals surface area contributed by atoms with E-state index < -0.39 is 0 Å². The lowest BCUT2D eigenvalue weighted by Gasteiger charge is -2.24. The van der Waals surface area contributed by atoms with Crippen LogP contribution >= 0.6 is 11.6 Å². The first kappa shape index (κ1) is 22.4. The van der Waals surface area contributed by atoms with Gasteiger partial charge in [-0.25, -0.2) is 0 Å². The van der Waals surface area contributed by atoms with Crippen molar-refractivity contribution in [1.82, 2.24) is 15.3 Å². The molecule has 1 N–H and O–H groups in total. The maximum absolute atomic E-state index is 12.4. The summed E-state index contributed by atoms with van der Waals surface area (Å²) < 4.78 is 0. The Morgan fingerprint density at radius 2 is 1.94 bits per heavy atom. The van der Waals surface area contributed by atoms with Crippen LogP contribution in [-0.4, -0.2) is 28.3 Å². The number of benzene rings is 1. The maximum Gasteiger partial charge on any atom is 0.253 e. The van der Waals surface area contributed by atoms with Gasteiger partial charge in [-0.1, -0.05) is 37.6 Å². The van der Waals surface area contributed by atoms with E-state index in [2.05, 4.69) is 29.1 Å². The Labute approximate surface area is 187 Å². The number of nitrogens with zero attached hydrogens (tertiary/aromatic N) is 3. The zero-order chi connectivity index (χ0) is 22.4. The molecule has 2 heterocycles. The van der Waals surface area contributed by atoms with Gasteiger partial charge in [-0.2, -0.15) is 0 Å². The highest BCUT2D eigenvalue weighted by Gasteiger charge is 2.17. The Morgan fingerprint density at radius 1 is 1.13 bits per heavy atom. The number of hydrogen-bond acceptors (Lipinski definition) is 4. The van der Waals surface area contributed by atoms with Crippen molar-refractivity contribution in [1.29, 1.82) is 0 Å². The van der Waals surface area contributed by atoms with Gasteiger partial charge in [-0.15, -0.1) is 0 Å². The van der Waals surface area contributed by atoms with Crippen molar-refractivity contribution >= 4 is 29.1 Å². The number of amides is 2. The monoisotopic (exact) mass is 436 g/mol. The normalized spacial score (nSPS) is 10.7. The third-order valence-electron chi connectivity index (χ3n) is 4.66. The van der Waals surface area contributed by atoms with Crippen LogP contribution < -0.4 is 10.2 Å². The van der Waals surface area contributed by atoms with Crippen LogP contribution in [0.3, 0.4) is 0 Å². The van der Waals surface area contributed by atoms with Gasteiger partial charge < -0.3 is 10.2 Å². The molecule has 0 saturated heterocycles. The number of pyridine rings is 2. The molecule has 6 nitrogen and oxygen atoms in total. The smallest absolute Gasteiger partial charge is 0.253 e. The van der Waals surface area contributed by atoms with Crippen molar-refractivity contribution in [2.24, 2.45) is 5.92 Å². The number of anilines is 1. The molecule has 3 aromatic rings. The Balaban J connectivity index is 1.72. The number of nitrogens with one attached hydrogen (secondary N) is 1. The Morgan fingerprint density at radius 3 is 2.52 bits per heavy atom. The number of rotatable bonds is 7. The molecule has 0 unspecified atom stereocenters. The van der Waals surface area contributed by atoms with E-state index in [4.69, 9.17) is 11.6 Å². The minimum atomic E-state index is -0.206. The Hall–Kier alpha value is -3.25. The van der Waals surface area contributed by atoms with Gasteiger partial charge in [0.1, 0.15) is 0 Å². The van der Waals surface area contributed by atoms with Crippen LogP contribution in [0, 0.1) is 5.92 Å². The summed E-state index contributed by atoms with van der Waals surface area (Å²) in [6.45, 7) is 6.63. The van der Waals surface area contributed by atoms with Crippen molar-refractivity contribution in [2.75, 3.05) is 11.4 Å². The predicted octanol–water partition coefficient (Wildman–Crippen LogP) is 4.74. The molecule has 2 aromatic heterocycles. The fourth-order valence-electron chi connectivity index (χ4n) is 3.13. The van der Waals surface area contributed by atoms with Crippen molar-refractivity contribution in [3.63, 3.8) is 0 Å². The van der Waals surface area contributed by atoms with Crippen LogP contribution in [0.25, 0.3) is 11.3 Å². The Kier molecular flexibility index (Phi) is 7.36. The zero-order valence-corrected chi connectivity index (χ0v) is 18.6. The van der Waals surface area contributed by atoms with Gasteiger partial charge in [-0.3, -0.25) is 19.6 Å². The lowest BCUT2D eigenvalue weighted by molar-refractivity contribution is -0.116. The van der Waals surface area contributed by atoms with Gasteiger partial charge in [0, 0.05) is 44.2 Å². The van der Waals surface area contributed by atoms with E-state index in [1.807, 2.05) is 24.3 Å². The molecule has 0 spiro atoms. The average molecular weight is 437 g/mol. The van der Waals surface area contributed by atoms with Gasteiger partial charge in [0.2, 0.25) is 5.91 Å². The fourth-order valence-corrected chi connectivity index (χ4v) is 3.42. The Bertz CT molecular complexity index is 1050. The van der Waals surface area contributed by atoms with Crippen LogP contribution in [0.4, 0.5) is 5.69 Å². The summed E-state index contributed by atoms with van der Waals surface area (Å²) in [5.41, 5.74) is 3.57. The van der Waals surface area contributed by atoms with Gasteiger partial charge in [0.25, 0.3) is 5.91 Å². The summed E-state index contributed by atoms with van der Waals surface area (Å²) in [5, 5.41) is 3.33. The van der Waals surface area contributed by atoms with E-state index in [1.165, 1.54) is 13.1 Å². The number of carbonyl (C=O) groups excluding carboxylic acids is 2. The fraction of sp³-hybridized carbons (Fsp3) is 0.250. The highest BCUT2D eigenvalue weighted by Crippen LogP contribution is 2.31. The molecular formula is C24H25ClN4O2. The molecule has 2 amide bonds. The second-order valence-corrected chi connectivity index (χ2v) is 8.07. The standard InChI is InChI=1S/C24H25ClN4O2/c1-16(2)15-29(17(3)30)23-9-7-19(11-21(23)25)22-8-6-20(14-27-22)24(31)28-13-18-5-4-10-26-12-18/h4-12,14,16H,13,15H2,1-3H3,(H,28,31). The van der Waals surface area contributed by atoms with Crippen LogP contribution in [0.2, 0.25) is 5.02 Å². The van der Waals surface area contributed by atoms with Crippen molar-refractivity contribution in [3.05, 3.63) is 77.2 Å². The summed E-state index contributed by atoms with van der Waals surface area (Å²) >= 11 is 6.49. The van der Waals surface area contributed by atoms with Crippen molar-refractivity contribution in [3.8, 4) is 11.3 Å². The summed E-state index contributed by atoms with van der Waals surface area (Å²) in [5.74, 6) is 0.0587. The highest BCUT2D eigenvalue weighted by molar-refractivity contribution is 6.34. The van der Waals surface area contributed by atoms with E-state index in [9.17, 15) is 9.59 Å². The first-order chi connectivity index (χ1) is 14.8. The molecule has 160 valence electrons. The second kappa shape index (κ2) is 10.2. The average Bonchev–Trinajstić information content (AvgIpc) is 2.76. The van der Waals surface area contributed by atoms with Crippen LogP contribution in [0.15, 0.2) is 61.1 Å². The second-order valence-electron chi connectivity index (χ2n) is 7.67. The molecule has 0 saturated carbocycles. The van der Waals surface area contributed by atoms with Crippen molar-refractivity contribution in [2.45, 2.75) is 27.3 Å². The molecule has 31 heavy (non-hydrogen) atoms. The lowest BCUT2D eigenvalue weighted by Crippen LogP contribution is -2.32. The van der Waals surface area contributed by atoms with Gasteiger partial charge in [-0.05, 0) is 41.8 Å². The molecule has 0 aliphatic heterocycles. The zero-order valence-electron chi connectivity index (χ0n) is 17.8. The largest absolute Gasteiger partial charge is 0.348 e. The highest BCUT2D eigenvalue weighted by atomic mass is 35.5. The summed E-state index contributed by atoms with van der Waals surface area (Å²) in [6.07, 6.45) is 4.94. The van der Waals surface area contributed by atoms with E-state index in [1.54, 1.807) is 35.5 Å². The lowest BCUT2D eigenvalue weighted by atomic mass is 10.1. The van der Waals surface area contributed by atoms with E-state index in [0.29, 0.717) is 41.0 Å². The molecule has 3 rings (SSSR count). The first-order valence-corrected chi connectivity index (χ1v) is 10.4. The molecule has 1 aromatic carbocycles. The first-order valence-electron chi connectivity index (χ1n) is 10.1. The molecule has 0 radical (unpaired) electrons. The third kappa shape index (κ3) is 5.89. The molecule has 0 fully saturated rings. The molecular weight excluding hydrogens is 412 g/mol. The minimum absolute atomic E-state index is 0.0527. The van der Waals surface area contributed by atoms with Gasteiger partial charge in [0.15, 0.2) is 0 Å². The minimum Gasteiger partial charge on any atom is -0.348 e. The van der Waals surface area contributed by atoms with Crippen LogP contribution in [-0.2, 0) is 11.3 Å². The summed E-state index contributed by atoms with van der Waals surface area (Å²) in [6, 6.07) is 12.7. The molecule has 0 aliphatic rings. The number of carbonyl (C=O) groups is 2. The quantitative estimate of drug-likeness (QED) is 0.580. The van der Waals surface area contributed by atoms with E-state index in [-0.39, 0.29) is 11.8 Å². The van der Waals surface area contributed by atoms with E-state index in [0.717, 1.165) is 11.1 Å². The van der Waals surface area contributed by atoms with Gasteiger partial charge >= 0.3 is 0 Å². The van der Waals surface area contributed by atoms with Crippen LogP contribution in [0.1, 0.15) is 36.7 Å². The topological polar surface area (TPSA) is 75.2 Å². The molecule has 0 bridgehead atoms. The molecule has 7 heteroatoms. The van der Waals surface area contributed by atoms with Crippen LogP contribution in [0.5, 0.6) is 0 Å². The molecule has 0 atom stereocenters. The van der Waals surface area contributed by atoms with Crippen molar-refractivity contribution < 1.29 is 9.59 Å². The number of hydrogen-bond donors (Lipinski definition) is 1. The van der Waals surface area contributed by atoms with Gasteiger partial charge in [0.05, 0.1) is 22.0 Å². The molecule has 0 aliphatic carbocycles. The predicted molar refractivity (Wildman–Crippen MR) is 123 cm³/mol. The summed E-state index contributed by atoms with van der Waals surface area (Å²) in [4.78, 5) is 34.5. The maximum atomic E-state index is 12.4. The number of halogens is 1. The number of aromatic nitrogens is 2. The SMILES string of the molecule is CC(=O)N(CC(C)C)c1ccc(-c2ccc(C(=O)NCc3cccnc3)cn2)cc1Cl. The third-order valence-corrected chi connectivity index (χ3v) is 4.97.